The molecule has 0 spiro atoms. The summed E-state index contributed by atoms with van der Waals surface area (Å²) < 4.78 is 10.5. The molecule has 0 fully saturated rings. The molecule has 0 saturated carbocycles. The number of nitro groups is 1. The van der Waals surface area contributed by atoms with Crippen molar-refractivity contribution in [3.8, 4) is 11.5 Å². The number of thiophene rings is 1. The largest absolute Gasteiger partial charge is 0.493 e. The number of nitrogens with zero attached hydrogens (tertiary/aromatic N) is 3. The molecule has 0 N–H and O–H groups in total. The van der Waals surface area contributed by atoms with E-state index >= 15 is 0 Å². The predicted octanol–water partition coefficient (Wildman–Crippen LogP) is 3.75. The molecule has 134 valence electrons. The van der Waals surface area contributed by atoms with E-state index in [2.05, 4.69) is 9.97 Å². The lowest BCUT2D eigenvalue weighted by molar-refractivity contribution is -0.384. The zero-order chi connectivity index (χ0) is 19.0. The molecule has 3 rings (SSSR count). The minimum Gasteiger partial charge on any atom is -0.493 e. The molecule has 0 aliphatic heterocycles. The fraction of sp³-hybridized carbons (Fsp3) is 0.235. The van der Waals surface area contributed by atoms with Gasteiger partial charge in [-0.2, -0.15) is 0 Å². The van der Waals surface area contributed by atoms with E-state index in [4.69, 9.17) is 9.47 Å². The van der Waals surface area contributed by atoms with Crippen molar-refractivity contribution in [3.63, 3.8) is 0 Å². The fourth-order valence-electron chi connectivity index (χ4n) is 2.67. The smallest absolute Gasteiger partial charge is 0.354 e. The van der Waals surface area contributed by atoms with Gasteiger partial charge in [0, 0.05) is 17.1 Å². The summed E-state index contributed by atoms with van der Waals surface area (Å²) in [4.78, 5) is 32.8. The van der Waals surface area contributed by atoms with Crippen LogP contribution in [0.4, 0.5) is 5.69 Å². The number of aryl methyl sites for hydroxylation is 3. The maximum atomic E-state index is 12.7. The van der Waals surface area contributed by atoms with Crippen LogP contribution in [0.15, 0.2) is 18.2 Å². The fourth-order valence-corrected chi connectivity index (χ4v) is 3.83. The van der Waals surface area contributed by atoms with Crippen LogP contribution >= 0.6 is 11.3 Å². The van der Waals surface area contributed by atoms with E-state index in [9.17, 15) is 14.9 Å². The number of non-ortho nitro benzene ring substituents is 1. The summed E-state index contributed by atoms with van der Waals surface area (Å²) in [5, 5.41) is 11.8. The van der Waals surface area contributed by atoms with Gasteiger partial charge in [-0.05, 0) is 32.4 Å². The molecule has 26 heavy (non-hydrogen) atoms. The van der Waals surface area contributed by atoms with Crippen LogP contribution in [-0.2, 0) is 0 Å². The van der Waals surface area contributed by atoms with Gasteiger partial charge < -0.3 is 9.47 Å². The monoisotopic (exact) mass is 373 g/mol. The van der Waals surface area contributed by atoms with Crippen molar-refractivity contribution >= 4 is 33.2 Å². The molecule has 1 aromatic carbocycles. The topological polar surface area (TPSA) is 104 Å². The van der Waals surface area contributed by atoms with Crippen LogP contribution in [0.25, 0.3) is 10.2 Å². The van der Waals surface area contributed by atoms with Gasteiger partial charge in [-0.3, -0.25) is 10.1 Å². The Morgan fingerprint density at radius 3 is 2.58 bits per heavy atom. The van der Waals surface area contributed by atoms with Crippen molar-refractivity contribution in [1.82, 2.24) is 9.97 Å². The van der Waals surface area contributed by atoms with Gasteiger partial charge in [-0.15, -0.1) is 11.3 Å². The van der Waals surface area contributed by atoms with Crippen molar-refractivity contribution in [2.24, 2.45) is 0 Å². The average molecular weight is 373 g/mol. The van der Waals surface area contributed by atoms with Crippen LogP contribution < -0.4 is 9.47 Å². The van der Waals surface area contributed by atoms with Crippen LogP contribution in [0.1, 0.15) is 26.8 Å². The van der Waals surface area contributed by atoms with Gasteiger partial charge >= 0.3 is 5.97 Å². The van der Waals surface area contributed by atoms with Crippen LogP contribution in [-0.4, -0.2) is 28.0 Å². The second-order valence-corrected chi connectivity index (χ2v) is 6.57. The Balaban J connectivity index is 2.02. The second kappa shape index (κ2) is 6.68. The highest BCUT2D eigenvalue weighted by Crippen LogP contribution is 2.35. The number of esters is 1. The Morgan fingerprint density at radius 2 is 1.92 bits per heavy atom. The first-order chi connectivity index (χ1) is 12.3. The Morgan fingerprint density at radius 1 is 1.19 bits per heavy atom. The molecule has 0 bridgehead atoms. The van der Waals surface area contributed by atoms with E-state index in [1.807, 2.05) is 6.92 Å². The quantitative estimate of drug-likeness (QED) is 0.297. The van der Waals surface area contributed by atoms with E-state index in [1.54, 1.807) is 13.8 Å². The molecule has 0 saturated heterocycles. The number of carbonyl (C=O) groups excluding carboxylic acids is 1. The summed E-state index contributed by atoms with van der Waals surface area (Å²) in [7, 11) is 1.39. The molecule has 0 aliphatic rings. The Bertz CT molecular complexity index is 1040. The summed E-state index contributed by atoms with van der Waals surface area (Å²) in [6.07, 6.45) is 0. The minimum atomic E-state index is -0.624. The molecule has 8 nitrogen and oxygen atoms in total. The average Bonchev–Trinajstić information content (AvgIpc) is 2.91. The number of ether oxygens (including phenoxy) is 2. The first kappa shape index (κ1) is 17.7. The van der Waals surface area contributed by atoms with Gasteiger partial charge in [0.2, 0.25) is 0 Å². The number of nitro benzene ring substituents is 1. The van der Waals surface area contributed by atoms with Crippen LogP contribution in [0.3, 0.4) is 0 Å². The van der Waals surface area contributed by atoms with Crippen molar-refractivity contribution in [2.45, 2.75) is 20.8 Å². The number of fused-ring (bicyclic) bond motifs is 1. The maximum absolute atomic E-state index is 12.7. The number of rotatable bonds is 4. The minimum absolute atomic E-state index is 0.0115. The highest BCUT2D eigenvalue weighted by atomic mass is 32.1. The summed E-state index contributed by atoms with van der Waals surface area (Å²) in [5.74, 6) is 0.218. The molecular formula is C17H15N3O5S. The first-order valence-corrected chi connectivity index (χ1v) is 8.42. The summed E-state index contributed by atoms with van der Waals surface area (Å²) in [6, 6.07) is 3.83. The molecule has 9 heteroatoms. The number of aromatic nitrogens is 2. The summed E-state index contributed by atoms with van der Waals surface area (Å²) >= 11 is 1.20. The maximum Gasteiger partial charge on any atom is 0.354 e. The molecule has 0 amide bonds. The third kappa shape index (κ3) is 3.08. The van der Waals surface area contributed by atoms with Gasteiger partial charge in [0.1, 0.15) is 15.5 Å². The van der Waals surface area contributed by atoms with Gasteiger partial charge in [-0.25, -0.2) is 14.8 Å². The molecule has 0 atom stereocenters. The normalized spacial score (nSPS) is 10.8. The van der Waals surface area contributed by atoms with Crippen molar-refractivity contribution in [1.29, 1.82) is 0 Å². The van der Waals surface area contributed by atoms with Gasteiger partial charge in [0.25, 0.3) is 5.69 Å². The van der Waals surface area contributed by atoms with Gasteiger partial charge in [-0.1, -0.05) is 0 Å². The second-order valence-electron chi connectivity index (χ2n) is 5.57. The summed E-state index contributed by atoms with van der Waals surface area (Å²) in [6.45, 7) is 5.44. The third-order valence-corrected chi connectivity index (χ3v) is 4.99. The lowest BCUT2D eigenvalue weighted by Gasteiger charge is -2.08. The lowest BCUT2D eigenvalue weighted by Crippen LogP contribution is -2.09. The Kier molecular flexibility index (Phi) is 4.56. The number of benzene rings is 1. The van der Waals surface area contributed by atoms with Gasteiger partial charge in [0.05, 0.1) is 18.1 Å². The molecule has 0 radical (unpaired) electrons. The van der Waals surface area contributed by atoms with Crippen LogP contribution in [0.5, 0.6) is 11.5 Å². The van der Waals surface area contributed by atoms with E-state index < -0.39 is 10.9 Å². The number of hydrogen-bond acceptors (Lipinski definition) is 8. The van der Waals surface area contributed by atoms with E-state index in [0.29, 0.717) is 15.5 Å². The standard InChI is InChI=1S/C17H15N3O5S/c1-8-14-9(2)18-10(3)19-16(14)26-15(8)17(21)25-13-7-11(20(22)23)5-6-12(13)24-4/h5-7H,1-4H3. The molecule has 2 aromatic heterocycles. The molecular weight excluding hydrogens is 358 g/mol. The van der Waals surface area contributed by atoms with Crippen molar-refractivity contribution in [3.05, 3.63) is 50.3 Å². The Hall–Kier alpha value is -3.07. The predicted molar refractivity (Wildman–Crippen MR) is 96.2 cm³/mol. The highest BCUT2D eigenvalue weighted by Gasteiger charge is 2.22. The van der Waals surface area contributed by atoms with E-state index in [0.717, 1.165) is 22.7 Å². The number of carbonyl (C=O) groups is 1. The highest BCUT2D eigenvalue weighted by molar-refractivity contribution is 7.20. The van der Waals surface area contributed by atoms with E-state index in [1.165, 1.54) is 30.6 Å². The molecule has 3 aromatic rings. The van der Waals surface area contributed by atoms with E-state index in [-0.39, 0.29) is 17.2 Å². The molecule has 0 aliphatic carbocycles. The SMILES string of the molecule is COc1ccc([N+](=O)[O-])cc1OC(=O)c1sc2nc(C)nc(C)c2c1C. The lowest BCUT2D eigenvalue weighted by atomic mass is 10.1. The molecule has 0 unspecified atom stereocenters. The Labute approximate surface area is 152 Å². The zero-order valence-electron chi connectivity index (χ0n) is 14.5. The van der Waals surface area contributed by atoms with Crippen molar-refractivity contribution < 1.29 is 19.2 Å². The number of methoxy groups -OCH3 is 1. The number of hydrogen-bond donors (Lipinski definition) is 0. The zero-order valence-corrected chi connectivity index (χ0v) is 15.3. The summed E-state index contributed by atoms with van der Waals surface area (Å²) in [5.41, 5.74) is 1.31. The first-order valence-electron chi connectivity index (χ1n) is 7.60. The van der Waals surface area contributed by atoms with Gasteiger partial charge in [0.15, 0.2) is 11.5 Å². The van der Waals surface area contributed by atoms with Crippen LogP contribution in [0, 0.1) is 30.9 Å². The van der Waals surface area contributed by atoms with Crippen LogP contribution in [0.2, 0.25) is 0 Å². The third-order valence-electron chi connectivity index (χ3n) is 3.83. The van der Waals surface area contributed by atoms with Crippen molar-refractivity contribution in [2.75, 3.05) is 7.11 Å². The molecule has 2 heterocycles.